The van der Waals surface area contributed by atoms with Gasteiger partial charge in [-0.15, -0.1) is 0 Å². The Bertz CT molecular complexity index is 175. The van der Waals surface area contributed by atoms with Crippen LogP contribution in [-0.2, 0) is 0 Å². The van der Waals surface area contributed by atoms with Gasteiger partial charge in [0, 0.05) is 12.1 Å². The van der Waals surface area contributed by atoms with E-state index in [1.807, 2.05) is 0 Å². The van der Waals surface area contributed by atoms with Crippen molar-refractivity contribution in [2.45, 2.75) is 63.7 Å². The Kier molecular flexibility index (Phi) is 1.92. The fraction of sp³-hybridized carbons (Fsp3) is 1.00. The standard InChI is InChI=1S/C10H20N2/c1-8(2)12-9-4-3-6-10(12,11)7-5-9/h8-9H,3-7,11H2,1-2H3/t9-,10+/m0/s1. The van der Waals surface area contributed by atoms with Crippen LogP contribution in [-0.4, -0.2) is 22.6 Å². The summed E-state index contributed by atoms with van der Waals surface area (Å²) in [6, 6.07) is 1.42. The van der Waals surface area contributed by atoms with Crippen molar-refractivity contribution in [2.75, 3.05) is 0 Å². The third-order valence-electron chi connectivity index (χ3n) is 3.52. The van der Waals surface area contributed by atoms with E-state index in [1.165, 1.54) is 32.1 Å². The van der Waals surface area contributed by atoms with Gasteiger partial charge in [0.15, 0.2) is 0 Å². The van der Waals surface area contributed by atoms with Gasteiger partial charge in [-0.25, -0.2) is 0 Å². The zero-order valence-electron chi connectivity index (χ0n) is 8.21. The van der Waals surface area contributed by atoms with Crippen molar-refractivity contribution in [1.82, 2.24) is 4.90 Å². The van der Waals surface area contributed by atoms with Gasteiger partial charge < -0.3 is 5.73 Å². The number of nitrogens with zero attached hydrogens (tertiary/aromatic N) is 1. The Hall–Kier alpha value is -0.0800. The molecule has 0 saturated carbocycles. The lowest BCUT2D eigenvalue weighted by Crippen LogP contribution is -2.59. The Morgan fingerprint density at radius 2 is 2.08 bits per heavy atom. The van der Waals surface area contributed by atoms with Gasteiger partial charge in [-0.2, -0.15) is 0 Å². The predicted octanol–water partition coefficient (Wildman–Crippen LogP) is 1.70. The van der Waals surface area contributed by atoms with Crippen LogP contribution in [0.4, 0.5) is 0 Å². The minimum atomic E-state index is 0.0666. The summed E-state index contributed by atoms with van der Waals surface area (Å²) < 4.78 is 0. The maximum absolute atomic E-state index is 6.37. The first-order chi connectivity index (χ1) is 5.63. The average Bonchev–Trinajstić information content (AvgIpc) is 2.18. The molecule has 2 heterocycles. The maximum Gasteiger partial charge on any atom is 0.0692 e. The van der Waals surface area contributed by atoms with Crippen LogP contribution >= 0.6 is 0 Å². The molecule has 70 valence electrons. The third-order valence-corrected chi connectivity index (χ3v) is 3.52. The summed E-state index contributed by atoms with van der Waals surface area (Å²) in [4.78, 5) is 2.55. The number of rotatable bonds is 1. The first kappa shape index (κ1) is 8.52. The second-order valence-electron chi connectivity index (χ2n) is 4.69. The molecule has 0 amide bonds. The fourth-order valence-corrected chi connectivity index (χ4v) is 3.17. The molecule has 0 aromatic rings. The second kappa shape index (κ2) is 2.71. The molecule has 2 N–H and O–H groups in total. The SMILES string of the molecule is CC(C)N1[C@H]2CCC[C@]1(N)CC2. The van der Waals surface area contributed by atoms with E-state index in [0.29, 0.717) is 6.04 Å². The first-order valence-corrected chi connectivity index (χ1v) is 5.21. The average molecular weight is 168 g/mol. The quantitative estimate of drug-likeness (QED) is 0.645. The van der Waals surface area contributed by atoms with Crippen LogP contribution in [0.3, 0.4) is 0 Å². The highest BCUT2D eigenvalue weighted by molar-refractivity contribution is 5.01. The van der Waals surface area contributed by atoms with Crippen LogP contribution in [0.2, 0.25) is 0 Å². The van der Waals surface area contributed by atoms with Crippen LogP contribution in [0.5, 0.6) is 0 Å². The Morgan fingerprint density at radius 3 is 2.58 bits per heavy atom. The van der Waals surface area contributed by atoms with E-state index >= 15 is 0 Å². The molecule has 12 heavy (non-hydrogen) atoms. The molecule has 2 fully saturated rings. The summed E-state index contributed by atoms with van der Waals surface area (Å²) in [5, 5.41) is 0. The lowest BCUT2D eigenvalue weighted by molar-refractivity contribution is 0.0287. The molecular formula is C10H20N2. The molecular weight excluding hydrogens is 148 g/mol. The molecule has 2 saturated heterocycles. The van der Waals surface area contributed by atoms with Gasteiger partial charge in [0.25, 0.3) is 0 Å². The normalized spacial score (nSPS) is 42.5. The van der Waals surface area contributed by atoms with E-state index in [0.717, 1.165) is 6.04 Å². The highest BCUT2D eigenvalue weighted by atomic mass is 15.3. The summed E-state index contributed by atoms with van der Waals surface area (Å²) >= 11 is 0. The highest BCUT2D eigenvalue weighted by Gasteiger charge is 2.46. The van der Waals surface area contributed by atoms with Crippen molar-refractivity contribution in [3.05, 3.63) is 0 Å². The molecule has 2 atom stereocenters. The molecule has 0 spiro atoms. The van der Waals surface area contributed by atoms with Gasteiger partial charge in [0.2, 0.25) is 0 Å². The molecule has 2 rings (SSSR count). The van der Waals surface area contributed by atoms with Gasteiger partial charge in [-0.3, -0.25) is 4.90 Å². The van der Waals surface area contributed by atoms with E-state index in [1.54, 1.807) is 0 Å². The van der Waals surface area contributed by atoms with Crippen LogP contribution in [0.15, 0.2) is 0 Å². The zero-order chi connectivity index (χ0) is 8.77. The largest absolute Gasteiger partial charge is 0.313 e. The van der Waals surface area contributed by atoms with Crippen molar-refractivity contribution in [1.29, 1.82) is 0 Å². The molecule has 0 radical (unpaired) electrons. The lowest BCUT2D eigenvalue weighted by Gasteiger charge is -2.44. The minimum Gasteiger partial charge on any atom is -0.313 e. The second-order valence-corrected chi connectivity index (χ2v) is 4.69. The number of fused-ring (bicyclic) bond motifs is 2. The molecule has 0 unspecified atom stereocenters. The highest BCUT2D eigenvalue weighted by Crippen LogP contribution is 2.41. The van der Waals surface area contributed by atoms with Gasteiger partial charge in [0.1, 0.15) is 0 Å². The molecule has 2 heteroatoms. The molecule has 2 aliphatic heterocycles. The van der Waals surface area contributed by atoms with E-state index < -0.39 is 0 Å². The van der Waals surface area contributed by atoms with Crippen LogP contribution in [0.1, 0.15) is 46.0 Å². The Labute approximate surface area is 75.1 Å². The van der Waals surface area contributed by atoms with Crippen LogP contribution < -0.4 is 5.73 Å². The van der Waals surface area contributed by atoms with E-state index in [4.69, 9.17) is 5.73 Å². The molecule has 2 bridgehead atoms. The van der Waals surface area contributed by atoms with Gasteiger partial charge in [-0.1, -0.05) is 0 Å². The van der Waals surface area contributed by atoms with Crippen LogP contribution in [0, 0.1) is 0 Å². The molecule has 0 aliphatic carbocycles. The van der Waals surface area contributed by atoms with Crippen molar-refractivity contribution < 1.29 is 0 Å². The number of nitrogens with two attached hydrogens (primary N) is 1. The van der Waals surface area contributed by atoms with Gasteiger partial charge in [-0.05, 0) is 46.0 Å². The van der Waals surface area contributed by atoms with Crippen molar-refractivity contribution >= 4 is 0 Å². The Balaban J connectivity index is 2.21. The van der Waals surface area contributed by atoms with Crippen molar-refractivity contribution in [2.24, 2.45) is 5.73 Å². The van der Waals surface area contributed by atoms with E-state index in [-0.39, 0.29) is 5.66 Å². The minimum absolute atomic E-state index is 0.0666. The number of hydrogen-bond donors (Lipinski definition) is 1. The summed E-state index contributed by atoms with van der Waals surface area (Å²) in [6.07, 6.45) is 6.47. The van der Waals surface area contributed by atoms with Gasteiger partial charge >= 0.3 is 0 Å². The smallest absolute Gasteiger partial charge is 0.0692 e. The fourth-order valence-electron chi connectivity index (χ4n) is 3.17. The molecule has 0 aromatic heterocycles. The first-order valence-electron chi connectivity index (χ1n) is 5.21. The predicted molar refractivity (Wildman–Crippen MR) is 50.8 cm³/mol. The van der Waals surface area contributed by atoms with E-state index in [2.05, 4.69) is 18.7 Å². The monoisotopic (exact) mass is 168 g/mol. The Morgan fingerprint density at radius 1 is 1.33 bits per heavy atom. The van der Waals surface area contributed by atoms with Crippen molar-refractivity contribution in [3.8, 4) is 0 Å². The maximum atomic E-state index is 6.37. The van der Waals surface area contributed by atoms with E-state index in [9.17, 15) is 0 Å². The summed E-state index contributed by atoms with van der Waals surface area (Å²) in [7, 11) is 0. The van der Waals surface area contributed by atoms with Crippen LogP contribution in [0.25, 0.3) is 0 Å². The molecule has 2 aliphatic rings. The number of hydrogen-bond acceptors (Lipinski definition) is 2. The summed E-state index contributed by atoms with van der Waals surface area (Å²) in [5.41, 5.74) is 6.44. The van der Waals surface area contributed by atoms with Crippen molar-refractivity contribution in [3.63, 3.8) is 0 Å². The molecule has 0 aromatic carbocycles. The topological polar surface area (TPSA) is 29.3 Å². The summed E-state index contributed by atoms with van der Waals surface area (Å²) in [6.45, 7) is 4.54. The van der Waals surface area contributed by atoms with Gasteiger partial charge in [0.05, 0.1) is 5.66 Å². The third kappa shape index (κ3) is 1.09. The molecule has 2 nitrogen and oxygen atoms in total. The summed E-state index contributed by atoms with van der Waals surface area (Å²) in [5.74, 6) is 0. The lowest BCUT2D eigenvalue weighted by atomic mass is 9.96. The number of piperidine rings is 1. The zero-order valence-corrected chi connectivity index (χ0v) is 8.21.